The lowest BCUT2D eigenvalue weighted by molar-refractivity contribution is 0.256. The summed E-state index contributed by atoms with van der Waals surface area (Å²) in [6.07, 6.45) is 9.06. The van der Waals surface area contributed by atoms with Crippen LogP contribution in [-0.2, 0) is 4.74 Å². The van der Waals surface area contributed by atoms with Crippen molar-refractivity contribution in [2.45, 2.75) is 39.2 Å². The lowest BCUT2D eigenvalue weighted by atomic mass is 9.94. The molecule has 0 amide bonds. The van der Waals surface area contributed by atoms with E-state index in [4.69, 9.17) is 9.47 Å². The van der Waals surface area contributed by atoms with Crippen LogP contribution in [0.4, 0.5) is 4.39 Å². The van der Waals surface area contributed by atoms with Gasteiger partial charge in [-0.15, -0.1) is 0 Å². The van der Waals surface area contributed by atoms with E-state index in [0.717, 1.165) is 55.1 Å². The number of ether oxygens (including phenoxy) is 2. The Bertz CT molecular complexity index is 975. The summed E-state index contributed by atoms with van der Waals surface area (Å²) in [4.78, 5) is 9.01. The standard InChI is InChI=1S/C24H28FN3O2/c1-15(20-12-19(25)6-7-22(20)29-3)10-21-16(2)24(28-14-27-21)26-13-17-4-5-18-8-9-30-23(18)11-17/h6-7,10-12,14,16,21H,4-5,8-9,13H2,1-3H3,(H,26,27,28)/b15-10+. The summed E-state index contributed by atoms with van der Waals surface area (Å²) in [6, 6.07) is 4.47. The number of hydrogen-bond acceptors (Lipinski definition) is 5. The molecule has 0 saturated carbocycles. The first-order chi connectivity index (χ1) is 14.5. The van der Waals surface area contributed by atoms with Crippen molar-refractivity contribution in [3.05, 3.63) is 58.6 Å². The maximum absolute atomic E-state index is 13.8. The van der Waals surface area contributed by atoms with Crippen LogP contribution in [0.25, 0.3) is 5.57 Å². The third-order valence-electron chi connectivity index (χ3n) is 5.98. The minimum absolute atomic E-state index is 0.0780. The first kappa shape index (κ1) is 20.4. The predicted molar refractivity (Wildman–Crippen MR) is 118 cm³/mol. The minimum atomic E-state index is -0.284. The van der Waals surface area contributed by atoms with E-state index in [1.807, 2.05) is 6.92 Å². The summed E-state index contributed by atoms with van der Waals surface area (Å²) < 4.78 is 24.9. The Morgan fingerprint density at radius 3 is 3.03 bits per heavy atom. The first-order valence-electron chi connectivity index (χ1n) is 10.4. The molecule has 0 radical (unpaired) electrons. The third kappa shape index (κ3) is 4.32. The van der Waals surface area contributed by atoms with Gasteiger partial charge in [-0.05, 0) is 60.8 Å². The second-order valence-corrected chi connectivity index (χ2v) is 7.97. The van der Waals surface area contributed by atoms with Crippen molar-refractivity contribution in [1.82, 2.24) is 5.32 Å². The van der Waals surface area contributed by atoms with Gasteiger partial charge >= 0.3 is 0 Å². The van der Waals surface area contributed by atoms with Crippen molar-refractivity contribution >= 4 is 17.7 Å². The van der Waals surface area contributed by atoms with E-state index in [1.165, 1.54) is 23.3 Å². The quantitative estimate of drug-likeness (QED) is 0.769. The molecule has 0 bridgehead atoms. The highest BCUT2D eigenvalue weighted by Gasteiger charge is 2.24. The molecule has 2 atom stereocenters. The van der Waals surface area contributed by atoms with Gasteiger partial charge in [0.05, 0.1) is 19.8 Å². The fraction of sp³-hybridized carbons (Fsp3) is 0.417. The maximum Gasteiger partial charge on any atom is 0.126 e. The molecule has 0 spiro atoms. The molecule has 158 valence electrons. The largest absolute Gasteiger partial charge is 0.496 e. The molecule has 5 nitrogen and oxygen atoms in total. The van der Waals surface area contributed by atoms with Gasteiger partial charge in [0.1, 0.15) is 29.5 Å². The Kier molecular flexibility index (Phi) is 6.02. The lowest BCUT2D eigenvalue weighted by Gasteiger charge is -2.25. The zero-order valence-electron chi connectivity index (χ0n) is 17.7. The normalized spacial score (nSPS) is 23.5. The summed E-state index contributed by atoms with van der Waals surface area (Å²) in [6.45, 7) is 5.63. The SMILES string of the molecule is COc1ccc(F)cc1/C(C)=C/C1N=CN=C(NCC2=CC3=C(CCO3)CC2)C1C. The second kappa shape index (κ2) is 8.86. The van der Waals surface area contributed by atoms with Gasteiger partial charge in [-0.3, -0.25) is 4.99 Å². The number of amidine groups is 1. The van der Waals surface area contributed by atoms with E-state index in [9.17, 15) is 4.39 Å². The Balaban J connectivity index is 1.44. The number of hydrogen-bond donors (Lipinski definition) is 1. The van der Waals surface area contributed by atoms with Crippen LogP contribution in [0.2, 0.25) is 0 Å². The smallest absolute Gasteiger partial charge is 0.126 e. The van der Waals surface area contributed by atoms with Crippen LogP contribution in [-0.4, -0.2) is 38.5 Å². The highest BCUT2D eigenvalue weighted by molar-refractivity contribution is 5.93. The molecule has 1 aromatic carbocycles. The zero-order valence-corrected chi connectivity index (χ0v) is 17.7. The molecule has 2 heterocycles. The summed E-state index contributed by atoms with van der Waals surface area (Å²) >= 11 is 0. The zero-order chi connectivity index (χ0) is 21.1. The first-order valence-corrected chi connectivity index (χ1v) is 10.4. The van der Waals surface area contributed by atoms with Crippen molar-refractivity contribution in [2.24, 2.45) is 15.9 Å². The summed E-state index contributed by atoms with van der Waals surface area (Å²) in [7, 11) is 1.59. The van der Waals surface area contributed by atoms with Crippen LogP contribution in [0.1, 0.15) is 38.7 Å². The Morgan fingerprint density at radius 1 is 1.33 bits per heavy atom. The molecule has 4 rings (SSSR count). The molecule has 2 aliphatic heterocycles. The van der Waals surface area contributed by atoms with Gasteiger partial charge in [-0.25, -0.2) is 9.38 Å². The maximum atomic E-state index is 13.8. The van der Waals surface area contributed by atoms with Gasteiger partial charge in [0, 0.05) is 24.4 Å². The Morgan fingerprint density at radius 2 is 2.20 bits per heavy atom. The molecule has 0 saturated heterocycles. The van der Waals surface area contributed by atoms with Gasteiger partial charge in [0.2, 0.25) is 0 Å². The second-order valence-electron chi connectivity index (χ2n) is 7.97. The van der Waals surface area contributed by atoms with Crippen LogP contribution < -0.4 is 10.1 Å². The molecule has 3 aliphatic rings. The molecule has 30 heavy (non-hydrogen) atoms. The predicted octanol–water partition coefficient (Wildman–Crippen LogP) is 4.67. The van der Waals surface area contributed by atoms with Gasteiger partial charge in [-0.2, -0.15) is 0 Å². The number of nitrogens with one attached hydrogen (secondary N) is 1. The third-order valence-corrected chi connectivity index (χ3v) is 5.98. The molecular formula is C24H28FN3O2. The van der Waals surface area contributed by atoms with E-state index in [2.05, 4.69) is 34.4 Å². The number of halogens is 1. The van der Waals surface area contributed by atoms with Gasteiger partial charge in [0.25, 0.3) is 0 Å². The van der Waals surface area contributed by atoms with E-state index in [1.54, 1.807) is 19.5 Å². The van der Waals surface area contributed by atoms with Gasteiger partial charge in [-0.1, -0.05) is 13.0 Å². The highest BCUT2D eigenvalue weighted by atomic mass is 19.1. The number of allylic oxidation sites excluding steroid dienone is 2. The number of nitrogens with zero attached hydrogens (tertiary/aromatic N) is 2. The number of aliphatic imine (C=N–C) groups is 2. The van der Waals surface area contributed by atoms with Crippen molar-refractivity contribution in [2.75, 3.05) is 20.3 Å². The van der Waals surface area contributed by atoms with Crippen LogP contribution in [0.15, 0.2) is 57.2 Å². The van der Waals surface area contributed by atoms with Crippen molar-refractivity contribution in [3.63, 3.8) is 0 Å². The summed E-state index contributed by atoms with van der Waals surface area (Å²) in [5.41, 5.74) is 4.45. The van der Waals surface area contributed by atoms with Crippen molar-refractivity contribution < 1.29 is 13.9 Å². The topological polar surface area (TPSA) is 55.2 Å². The Hall–Kier alpha value is -2.89. The fourth-order valence-corrected chi connectivity index (χ4v) is 4.12. The van der Waals surface area contributed by atoms with Crippen LogP contribution in [0, 0.1) is 11.7 Å². The number of rotatable bonds is 5. The van der Waals surface area contributed by atoms with E-state index in [-0.39, 0.29) is 17.8 Å². The number of benzene rings is 1. The van der Waals surface area contributed by atoms with Crippen LogP contribution in [0.3, 0.4) is 0 Å². The fourth-order valence-electron chi connectivity index (χ4n) is 4.12. The molecule has 1 N–H and O–H groups in total. The molecule has 0 fully saturated rings. The van der Waals surface area contributed by atoms with E-state index in [0.29, 0.717) is 5.75 Å². The lowest BCUT2D eigenvalue weighted by Crippen LogP contribution is -2.38. The molecule has 1 aliphatic carbocycles. The monoisotopic (exact) mass is 409 g/mol. The average Bonchev–Trinajstić information content (AvgIpc) is 3.22. The van der Waals surface area contributed by atoms with Gasteiger partial charge < -0.3 is 14.8 Å². The summed E-state index contributed by atoms with van der Waals surface area (Å²) in [5.74, 6) is 2.44. The minimum Gasteiger partial charge on any atom is -0.496 e. The van der Waals surface area contributed by atoms with E-state index < -0.39 is 0 Å². The molecule has 1 aromatic rings. The Labute approximate surface area is 177 Å². The highest BCUT2D eigenvalue weighted by Crippen LogP contribution is 2.31. The van der Waals surface area contributed by atoms with Crippen molar-refractivity contribution in [3.8, 4) is 5.75 Å². The van der Waals surface area contributed by atoms with E-state index >= 15 is 0 Å². The average molecular weight is 410 g/mol. The summed E-state index contributed by atoms with van der Waals surface area (Å²) in [5, 5.41) is 3.49. The molecule has 2 unspecified atom stereocenters. The molecule has 6 heteroatoms. The van der Waals surface area contributed by atoms with Crippen LogP contribution in [0.5, 0.6) is 5.75 Å². The number of methoxy groups -OCH3 is 1. The molecular weight excluding hydrogens is 381 g/mol. The van der Waals surface area contributed by atoms with Gasteiger partial charge in [0.15, 0.2) is 0 Å². The van der Waals surface area contributed by atoms with Crippen molar-refractivity contribution in [1.29, 1.82) is 0 Å². The molecule has 0 aromatic heterocycles. The van der Waals surface area contributed by atoms with Crippen LogP contribution >= 0.6 is 0 Å².